The first-order chi connectivity index (χ1) is 9.35. The Bertz CT molecular complexity index is 532. The molecule has 1 fully saturated rings. The van der Waals surface area contributed by atoms with Crippen LogP contribution in [0.15, 0.2) is 34.3 Å². The number of ether oxygens (including phenoxy) is 1. The fourth-order valence-electron chi connectivity index (χ4n) is 2.09. The van der Waals surface area contributed by atoms with Gasteiger partial charge in [0.25, 0.3) is 0 Å². The molecule has 1 aromatic rings. The van der Waals surface area contributed by atoms with E-state index in [0.29, 0.717) is 6.54 Å². The van der Waals surface area contributed by atoms with Gasteiger partial charge >= 0.3 is 6.09 Å². The molecule has 0 bridgehead atoms. The molecule has 0 atom stereocenters. The van der Waals surface area contributed by atoms with Gasteiger partial charge in [-0.2, -0.15) is 0 Å². The normalized spacial score (nSPS) is 17.6. The van der Waals surface area contributed by atoms with Gasteiger partial charge < -0.3 is 9.64 Å². The molecule has 20 heavy (non-hydrogen) atoms. The van der Waals surface area contributed by atoms with Gasteiger partial charge in [0.1, 0.15) is 5.60 Å². The first-order valence-electron chi connectivity index (χ1n) is 6.77. The largest absolute Gasteiger partial charge is 0.444 e. The van der Waals surface area contributed by atoms with Crippen molar-refractivity contribution < 1.29 is 9.53 Å². The Morgan fingerprint density at radius 1 is 1.35 bits per heavy atom. The van der Waals surface area contributed by atoms with Crippen LogP contribution in [-0.2, 0) is 4.74 Å². The van der Waals surface area contributed by atoms with E-state index in [1.807, 2.05) is 39.0 Å². The minimum atomic E-state index is -0.438. The summed E-state index contributed by atoms with van der Waals surface area (Å²) >= 11 is 3.54. The standard InChI is InChI=1S/C16H20BrNO2/c1-16(2,3)20-15(19)18-9-8-12(11-18)10-13-6-4-5-7-14(13)17/h4-7,10H,8-9,11H2,1-3H3/b12-10-. The van der Waals surface area contributed by atoms with Gasteiger partial charge in [-0.15, -0.1) is 0 Å². The van der Waals surface area contributed by atoms with Crippen LogP contribution in [0.3, 0.4) is 0 Å². The van der Waals surface area contributed by atoms with Crippen molar-refractivity contribution in [2.45, 2.75) is 32.8 Å². The quantitative estimate of drug-likeness (QED) is 0.756. The molecule has 4 heteroatoms. The second-order valence-corrected chi connectivity index (χ2v) is 6.83. The SMILES string of the molecule is CC(C)(C)OC(=O)N1CC/C(=C/c2ccccc2Br)C1. The van der Waals surface area contributed by atoms with Crippen LogP contribution in [0, 0.1) is 0 Å². The molecule has 1 heterocycles. The van der Waals surface area contributed by atoms with Crippen LogP contribution in [0.5, 0.6) is 0 Å². The number of amides is 1. The van der Waals surface area contributed by atoms with E-state index in [-0.39, 0.29) is 6.09 Å². The third-order valence-corrected chi connectivity index (χ3v) is 3.74. The Hall–Kier alpha value is -1.29. The van der Waals surface area contributed by atoms with Crippen LogP contribution < -0.4 is 0 Å². The molecule has 1 saturated heterocycles. The summed E-state index contributed by atoms with van der Waals surface area (Å²) in [6.45, 7) is 7.04. The summed E-state index contributed by atoms with van der Waals surface area (Å²) in [4.78, 5) is 13.8. The molecule has 0 radical (unpaired) electrons. The summed E-state index contributed by atoms with van der Waals surface area (Å²) in [6.07, 6.45) is 2.82. The van der Waals surface area contributed by atoms with Gasteiger partial charge in [0.2, 0.25) is 0 Å². The number of nitrogens with zero attached hydrogens (tertiary/aromatic N) is 1. The number of hydrogen-bond donors (Lipinski definition) is 0. The smallest absolute Gasteiger partial charge is 0.410 e. The van der Waals surface area contributed by atoms with Crippen molar-refractivity contribution in [2.24, 2.45) is 0 Å². The third kappa shape index (κ3) is 4.10. The summed E-state index contributed by atoms with van der Waals surface area (Å²) in [5, 5.41) is 0. The van der Waals surface area contributed by atoms with Gasteiger partial charge in [-0.05, 0) is 44.4 Å². The third-order valence-electron chi connectivity index (χ3n) is 3.01. The van der Waals surface area contributed by atoms with E-state index in [1.165, 1.54) is 5.57 Å². The molecule has 0 N–H and O–H groups in total. The fourth-order valence-corrected chi connectivity index (χ4v) is 2.49. The Kier molecular flexibility index (Phi) is 4.53. The van der Waals surface area contributed by atoms with E-state index in [9.17, 15) is 4.79 Å². The number of carbonyl (C=O) groups is 1. The predicted molar refractivity (Wildman–Crippen MR) is 84.5 cm³/mol. The molecule has 1 aliphatic rings. The van der Waals surface area contributed by atoms with Crippen molar-refractivity contribution in [3.8, 4) is 0 Å². The molecule has 1 aromatic carbocycles. The lowest BCUT2D eigenvalue weighted by molar-refractivity contribution is 0.0299. The van der Waals surface area contributed by atoms with Gasteiger partial charge in [0.15, 0.2) is 0 Å². The van der Waals surface area contributed by atoms with Gasteiger partial charge in [-0.3, -0.25) is 0 Å². The van der Waals surface area contributed by atoms with Gasteiger partial charge in [-0.25, -0.2) is 4.79 Å². The number of carbonyl (C=O) groups excluding carboxylic acids is 1. The summed E-state index contributed by atoms with van der Waals surface area (Å²) in [6, 6.07) is 8.09. The van der Waals surface area contributed by atoms with Crippen molar-refractivity contribution in [2.75, 3.05) is 13.1 Å². The first-order valence-corrected chi connectivity index (χ1v) is 7.56. The molecular weight excluding hydrogens is 318 g/mol. The van der Waals surface area contributed by atoms with Crippen molar-refractivity contribution in [3.05, 3.63) is 39.9 Å². The summed E-state index contributed by atoms with van der Waals surface area (Å²) in [5.41, 5.74) is 1.96. The average Bonchev–Trinajstić information content (AvgIpc) is 2.79. The van der Waals surface area contributed by atoms with E-state index in [0.717, 1.165) is 23.0 Å². The molecule has 0 spiro atoms. The predicted octanol–water partition coefficient (Wildman–Crippen LogP) is 4.47. The zero-order valence-electron chi connectivity index (χ0n) is 12.1. The molecule has 0 saturated carbocycles. The molecule has 3 nitrogen and oxygen atoms in total. The Morgan fingerprint density at radius 2 is 2.05 bits per heavy atom. The average molecular weight is 338 g/mol. The molecule has 108 valence electrons. The van der Waals surface area contributed by atoms with Gasteiger partial charge in [0, 0.05) is 17.6 Å². The van der Waals surface area contributed by atoms with Gasteiger partial charge in [-0.1, -0.05) is 40.2 Å². The summed E-state index contributed by atoms with van der Waals surface area (Å²) < 4.78 is 6.47. The minimum absolute atomic E-state index is 0.229. The number of likely N-dealkylation sites (tertiary alicyclic amines) is 1. The highest BCUT2D eigenvalue weighted by molar-refractivity contribution is 9.10. The van der Waals surface area contributed by atoms with Gasteiger partial charge in [0.05, 0.1) is 0 Å². The maximum Gasteiger partial charge on any atom is 0.410 e. The number of rotatable bonds is 1. The molecule has 2 rings (SSSR count). The van der Waals surface area contributed by atoms with Crippen LogP contribution in [-0.4, -0.2) is 29.7 Å². The molecule has 1 amide bonds. The second kappa shape index (κ2) is 6.00. The van der Waals surface area contributed by atoms with Crippen LogP contribution >= 0.6 is 15.9 Å². The van der Waals surface area contributed by atoms with Crippen LogP contribution in [0.4, 0.5) is 4.79 Å². The number of benzene rings is 1. The zero-order valence-corrected chi connectivity index (χ0v) is 13.7. The topological polar surface area (TPSA) is 29.5 Å². The highest BCUT2D eigenvalue weighted by Gasteiger charge is 2.26. The van der Waals surface area contributed by atoms with Crippen molar-refractivity contribution in [1.82, 2.24) is 4.90 Å². The number of halogens is 1. The Labute approximate surface area is 128 Å². The molecular formula is C16H20BrNO2. The molecule has 0 aliphatic carbocycles. The fraction of sp³-hybridized carbons (Fsp3) is 0.438. The van der Waals surface area contributed by atoms with E-state index < -0.39 is 5.60 Å². The van der Waals surface area contributed by atoms with Crippen molar-refractivity contribution in [3.63, 3.8) is 0 Å². The van der Waals surface area contributed by atoms with Crippen LogP contribution in [0.1, 0.15) is 32.8 Å². The van der Waals surface area contributed by atoms with Crippen molar-refractivity contribution in [1.29, 1.82) is 0 Å². The summed E-state index contributed by atoms with van der Waals surface area (Å²) in [5.74, 6) is 0. The molecule has 0 aromatic heterocycles. The summed E-state index contributed by atoms with van der Waals surface area (Å²) in [7, 11) is 0. The van der Waals surface area contributed by atoms with Crippen LogP contribution in [0.25, 0.3) is 6.08 Å². The second-order valence-electron chi connectivity index (χ2n) is 5.98. The number of hydrogen-bond acceptors (Lipinski definition) is 2. The maximum atomic E-state index is 12.0. The minimum Gasteiger partial charge on any atom is -0.444 e. The molecule has 0 unspecified atom stereocenters. The zero-order chi connectivity index (χ0) is 14.8. The molecule has 1 aliphatic heterocycles. The lowest BCUT2D eigenvalue weighted by Crippen LogP contribution is -2.34. The van der Waals surface area contributed by atoms with E-state index >= 15 is 0 Å². The van der Waals surface area contributed by atoms with Crippen molar-refractivity contribution >= 4 is 28.1 Å². The Balaban J connectivity index is 2.02. The van der Waals surface area contributed by atoms with E-state index in [4.69, 9.17) is 4.74 Å². The lowest BCUT2D eigenvalue weighted by atomic mass is 10.1. The maximum absolute atomic E-state index is 12.0. The monoisotopic (exact) mass is 337 g/mol. The highest BCUT2D eigenvalue weighted by Crippen LogP contribution is 2.24. The first kappa shape index (κ1) is 15.1. The highest BCUT2D eigenvalue weighted by atomic mass is 79.9. The van der Waals surface area contributed by atoms with E-state index in [2.05, 4.69) is 28.1 Å². The van der Waals surface area contributed by atoms with Crippen LogP contribution in [0.2, 0.25) is 0 Å². The van der Waals surface area contributed by atoms with E-state index in [1.54, 1.807) is 4.90 Å². The Morgan fingerprint density at radius 3 is 2.70 bits per heavy atom. The lowest BCUT2D eigenvalue weighted by Gasteiger charge is -2.23.